The molecule has 0 rings (SSSR count). The van der Waals surface area contributed by atoms with Gasteiger partial charge in [-0.15, -0.1) is 0 Å². The number of carboxylic acids is 1. The molecule has 0 aliphatic carbocycles. The molecule has 0 fully saturated rings. The molecule has 0 aromatic rings. The molecule has 0 aliphatic rings. The Morgan fingerprint density at radius 1 is 1.27 bits per heavy atom. The van der Waals surface area contributed by atoms with Gasteiger partial charge in [0.05, 0.1) is 0 Å². The van der Waals surface area contributed by atoms with Gasteiger partial charge in [0.15, 0.2) is 0 Å². The molecule has 0 heterocycles. The first kappa shape index (κ1) is 14.4. The van der Waals surface area contributed by atoms with Crippen LogP contribution in [0.1, 0.15) is 53.4 Å². The summed E-state index contributed by atoms with van der Waals surface area (Å²) < 4.78 is 0. The van der Waals surface area contributed by atoms with Crippen molar-refractivity contribution in [2.24, 2.45) is 0 Å². The van der Waals surface area contributed by atoms with E-state index in [4.69, 9.17) is 5.11 Å². The van der Waals surface area contributed by atoms with E-state index in [1.165, 1.54) is 0 Å². The monoisotopic (exact) mass is 215 g/mol. The SMILES string of the molecule is CCC(CC)N(CCCC(=O)O)C(C)C. The fraction of sp³-hybridized carbons (Fsp3) is 0.917. The molecule has 0 bridgehead atoms. The van der Waals surface area contributed by atoms with E-state index in [2.05, 4.69) is 32.6 Å². The standard InChI is InChI=1S/C12H25NO2/c1-5-11(6-2)13(10(3)4)9-7-8-12(14)15/h10-11H,5-9H2,1-4H3,(H,14,15). The summed E-state index contributed by atoms with van der Waals surface area (Å²) in [5.41, 5.74) is 0. The Morgan fingerprint density at radius 2 is 1.80 bits per heavy atom. The van der Waals surface area contributed by atoms with E-state index in [1.54, 1.807) is 0 Å². The van der Waals surface area contributed by atoms with Gasteiger partial charge in [0.2, 0.25) is 0 Å². The summed E-state index contributed by atoms with van der Waals surface area (Å²) in [5, 5.41) is 8.60. The molecular formula is C12H25NO2. The topological polar surface area (TPSA) is 40.5 Å². The van der Waals surface area contributed by atoms with E-state index in [9.17, 15) is 4.79 Å². The molecule has 0 unspecified atom stereocenters. The third-order valence-electron chi connectivity index (χ3n) is 2.88. The Balaban J connectivity index is 4.09. The van der Waals surface area contributed by atoms with Crippen LogP contribution in [0.15, 0.2) is 0 Å². The zero-order valence-corrected chi connectivity index (χ0v) is 10.5. The number of aliphatic carboxylic acids is 1. The fourth-order valence-corrected chi connectivity index (χ4v) is 2.03. The second kappa shape index (κ2) is 7.69. The highest BCUT2D eigenvalue weighted by Gasteiger charge is 2.17. The van der Waals surface area contributed by atoms with E-state index < -0.39 is 5.97 Å². The number of carboxylic acid groups (broad SMARTS) is 1. The van der Waals surface area contributed by atoms with Crippen molar-refractivity contribution in [3.63, 3.8) is 0 Å². The number of hydrogen-bond donors (Lipinski definition) is 1. The molecule has 0 aromatic carbocycles. The minimum Gasteiger partial charge on any atom is -0.481 e. The summed E-state index contributed by atoms with van der Waals surface area (Å²) in [6.07, 6.45) is 3.32. The largest absolute Gasteiger partial charge is 0.481 e. The van der Waals surface area contributed by atoms with Crippen LogP contribution in [0.4, 0.5) is 0 Å². The summed E-state index contributed by atoms with van der Waals surface area (Å²) in [4.78, 5) is 12.9. The zero-order valence-electron chi connectivity index (χ0n) is 10.5. The van der Waals surface area contributed by atoms with Crippen molar-refractivity contribution in [2.45, 2.75) is 65.5 Å². The predicted molar refractivity (Wildman–Crippen MR) is 63.1 cm³/mol. The molecule has 0 aromatic heterocycles. The third kappa shape index (κ3) is 5.78. The molecule has 3 heteroatoms. The van der Waals surface area contributed by atoms with Crippen LogP contribution < -0.4 is 0 Å². The van der Waals surface area contributed by atoms with Crippen molar-refractivity contribution in [3.05, 3.63) is 0 Å². The van der Waals surface area contributed by atoms with Crippen molar-refractivity contribution in [1.82, 2.24) is 4.90 Å². The van der Waals surface area contributed by atoms with Crippen LogP contribution in [-0.2, 0) is 4.79 Å². The first-order chi connectivity index (χ1) is 7.02. The third-order valence-corrected chi connectivity index (χ3v) is 2.88. The average molecular weight is 215 g/mol. The van der Waals surface area contributed by atoms with Gasteiger partial charge in [0.25, 0.3) is 0 Å². The molecule has 0 aliphatic heterocycles. The molecule has 0 radical (unpaired) electrons. The summed E-state index contributed by atoms with van der Waals surface area (Å²) in [7, 11) is 0. The first-order valence-corrected chi connectivity index (χ1v) is 6.00. The maximum absolute atomic E-state index is 10.4. The number of hydrogen-bond acceptors (Lipinski definition) is 2. The van der Waals surface area contributed by atoms with Crippen LogP contribution in [0.5, 0.6) is 0 Å². The Kier molecular flexibility index (Phi) is 7.39. The van der Waals surface area contributed by atoms with Crippen LogP contribution in [0.3, 0.4) is 0 Å². The van der Waals surface area contributed by atoms with Crippen molar-refractivity contribution in [2.75, 3.05) is 6.54 Å². The van der Waals surface area contributed by atoms with Gasteiger partial charge in [-0.1, -0.05) is 13.8 Å². The molecule has 0 amide bonds. The second-order valence-corrected chi connectivity index (χ2v) is 4.30. The average Bonchev–Trinajstić information content (AvgIpc) is 2.16. The van der Waals surface area contributed by atoms with Gasteiger partial charge in [0.1, 0.15) is 0 Å². The van der Waals surface area contributed by atoms with Crippen molar-refractivity contribution < 1.29 is 9.90 Å². The van der Waals surface area contributed by atoms with Crippen LogP contribution >= 0.6 is 0 Å². The second-order valence-electron chi connectivity index (χ2n) is 4.30. The maximum atomic E-state index is 10.4. The highest BCUT2D eigenvalue weighted by Crippen LogP contribution is 2.13. The molecule has 15 heavy (non-hydrogen) atoms. The molecular weight excluding hydrogens is 190 g/mol. The number of carbonyl (C=O) groups is 1. The number of nitrogens with zero attached hydrogens (tertiary/aromatic N) is 1. The Bertz CT molecular complexity index is 176. The summed E-state index contributed by atoms with van der Waals surface area (Å²) in [5.74, 6) is -0.691. The minimum absolute atomic E-state index is 0.281. The summed E-state index contributed by atoms with van der Waals surface area (Å²) in [6.45, 7) is 9.65. The molecule has 0 saturated heterocycles. The van der Waals surface area contributed by atoms with Crippen LogP contribution in [0.2, 0.25) is 0 Å². The smallest absolute Gasteiger partial charge is 0.303 e. The summed E-state index contributed by atoms with van der Waals surface area (Å²) in [6, 6.07) is 1.10. The van der Waals surface area contributed by atoms with Crippen LogP contribution in [0.25, 0.3) is 0 Å². The molecule has 3 nitrogen and oxygen atoms in total. The van der Waals surface area contributed by atoms with E-state index in [0.29, 0.717) is 12.1 Å². The lowest BCUT2D eigenvalue weighted by Crippen LogP contribution is -2.40. The lowest BCUT2D eigenvalue weighted by molar-refractivity contribution is -0.137. The quantitative estimate of drug-likeness (QED) is 0.677. The van der Waals surface area contributed by atoms with Gasteiger partial charge in [-0.3, -0.25) is 9.69 Å². The zero-order chi connectivity index (χ0) is 11.8. The van der Waals surface area contributed by atoms with Crippen LogP contribution in [-0.4, -0.2) is 34.6 Å². The van der Waals surface area contributed by atoms with Gasteiger partial charge in [0, 0.05) is 18.5 Å². The number of rotatable bonds is 8. The Labute approximate surface area is 93.5 Å². The van der Waals surface area contributed by atoms with Crippen molar-refractivity contribution in [1.29, 1.82) is 0 Å². The molecule has 0 spiro atoms. The summed E-state index contributed by atoms with van der Waals surface area (Å²) >= 11 is 0. The van der Waals surface area contributed by atoms with Gasteiger partial charge in [-0.2, -0.15) is 0 Å². The highest BCUT2D eigenvalue weighted by molar-refractivity contribution is 5.66. The van der Waals surface area contributed by atoms with E-state index in [-0.39, 0.29) is 6.42 Å². The molecule has 0 atom stereocenters. The predicted octanol–water partition coefficient (Wildman–Crippen LogP) is 2.75. The minimum atomic E-state index is -0.691. The van der Waals surface area contributed by atoms with Gasteiger partial charge >= 0.3 is 5.97 Å². The molecule has 0 saturated carbocycles. The van der Waals surface area contributed by atoms with Crippen molar-refractivity contribution in [3.8, 4) is 0 Å². The lowest BCUT2D eigenvalue weighted by atomic mass is 10.1. The van der Waals surface area contributed by atoms with E-state index >= 15 is 0 Å². The lowest BCUT2D eigenvalue weighted by Gasteiger charge is -2.33. The van der Waals surface area contributed by atoms with E-state index in [0.717, 1.165) is 25.8 Å². The van der Waals surface area contributed by atoms with Crippen molar-refractivity contribution >= 4 is 5.97 Å². The molecule has 1 N–H and O–H groups in total. The van der Waals surface area contributed by atoms with Gasteiger partial charge in [-0.05, 0) is 39.7 Å². The normalized spacial score (nSPS) is 11.7. The van der Waals surface area contributed by atoms with Gasteiger partial charge in [-0.25, -0.2) is 0 Å². The molecule has 90 valence electrons. The Morgan fingerprint density at radius 3 is 2.13 bits per heavy atom. The van der Waals surface area contributed by atoms with E-state index in [1.807, 2.05) is 0 Å². The Hall–Kier alpha value is -0.570. The maximum Gasteiger partial charge on any atom is 0.303 e. The first-order valence-electron chi connectivity index (χ1n) is 6.00. The van der Waals surface area contributed by atoms with Gasteiger partial charge < -0.3 is 5.11 Å². The van der Waals surface area contributed by atoms with Crippen LogP contribution in [0, 0.1) is 0 Å². The highest BCUT2D eigenvalue weighted by atomic mass is 16.4. The fourth-order valence-electron chi connectivity index (χ4n) is 2.03.